The number of rotatable bonds is 10. The molecule has 11 nitrogen and oxygen atoms in total. The highest BCUT2D eigenvalue weighted by atomic mass is 35.5. The first kappa shape index (κ1) is 34.1. The molecule has 2 saturated heterocycles. The van der Waals surface area contributed by atoms with Crippen LogP contribution in [0.3, 0.4) is 0 Å². The first-order valence-electron chi connectivity index (χ1n) is 17.5. The largest absolute Gasteiger partial charge is 0.481 e. The molecule has 1 aliphatic carbocycles. The Morgan fingerprint density at radius 1 is 1.02 bits per heavy atom. The van der Waals surface area contributed by atoms with Crippen LogP contribution in [0.4, 0.5) is 0 Å². The van der Waals surface area contributed by atoms with Crippen LogP contribution >= 0.6 is 11.6 Å². The summed E-state index contributed by atoms with van der Waals surface area (Å²) in [5, 5.41) is 29.5. The lowest BCUT2D eigenvalue weighted by molar-refractivity contribution is -0.141. The number of ether oxygens (including phenoxy) is 2. The van der Waals surface area contributed by atoms with E-state index in [9.17, 15) is 20.3 Å². The van der Waals surface area contributed by atoms with Gasteiger partial charge in [-0.15, -0.1) is 0 Å². The highest BCUT2D eigenvalue weighted by Crippen LogP contribution is 2.43. The number of aliphatic hydroxyl groups is 1. The zero-order valence-corrected chi connectivity index (χ0v) is 29.7. The van der Waals surface area contributed by atoms with Crippen molar-refractivity contribution in [3.8, 4) is 40.4 Å². The van der Waals surface area contributed by atoms with Crippen LogP contribution in [-0.4, -0.2) is 75.3 Å². The van der Waals surface area contributed by atoms with Crippen LogP contribution in [0, 0.1) is 24.2 Å². The predicted octanol–water partition coefficient (Wildman–Crippen LogP) is 6.55. The second kappa shape index (κ2) is 13.9. The minimum atomic E-state index is -0.770. The number of oxazole rings is 1. The maximum Gasteiger partial charge on any atom is 0.307 e. The summed E-state index contributed by atoms with van der Waals surface area (Å²) in [4.78, 5) is 25.2. The number of aliphatic carboxylic acids is 1. The summed E-state index contributed by atoms with van der Waals surface area (Å²) in [5.41, 5.74) is 9.46. The van der Waals surface area contributed by atoms with Gasteiger partial charge in [-0.3, -0.25) is 14.6 Å². The number of halogens is 1. The zero-order valence-electron chi connectivity index (χ0n) is 28.9. The highest BCUT2D eigenvalue weighted by Gasteiger charge is 2.31. The molecule has 0 radical (unpaired) electrons. The van der Waals surface area contributed by atoms with E-state index in [1.165, 1.54) is 5.56 Å². The molecule has 52 heavy (non-hydrogen) atoms. The number of carbonyl (C=O) groups is 1. The van der Waals surface area contributed by atoms with Crippen LogP contribution in [0.1, 0.15) is 52.3 Å². The number of nitriles is 1. The fourth-order valence-corrected chi connectivity index (χ4v) is 8.10. The molecule has 4 heterocycles. The molecule has 3 aliphatic rings. The number of β-amino-alcohol motifs (C(OH)–C–C–N with tert-alkyl or cyclic N) is 1. The number of nitrogens with zero attached hydrogens (tertiary/aromatic N) is 5. The van der Waals surface area contributed by atoms with Gasteiger partial charge < -0.3 is 24.1 Å². The molecule has 2 aromatic heterocycles. The number of methoxy groups -OCH3 is 1. The summed E-state index contributed by atoms with van der Waals surface area (Å²) in [6.07, 6.45) is 1.65. The lowest BCUT2D eigenvalue weighted by atomic mass is 9.91. The number of fused-ring (bicyclic) bond motifs is 2. The van der Waals surface area contributed by atoms with Crippen LogP contribution < -0.4 is 9.47 Å². The summed E-state index contributed by atoms with van der Waals surface area (Å²) < 4.78 is 18.4. The Hall–Kier alpha value is -4.99. The smallest absolute Gasteiger partial charge is 0.307 e. The van der Waals surface area contributed by atoms with E-state index in [0.29, 0.717) is 85.0 Å². The first-order chi connectivity index (χ1) is 25.2. The Kier molecular flexibility index (Phi) is 9.09. The van der Waals surface area contributed by atoms with E-state index in [0.717, 1.165) is 51.8 Å². The summed E-state index contributed by atoms with van der Waals surface area (Å²) in [6.45, 7) is 5.59. The average Bonchev–Trinajstić information content (AvgIpc) is 3.87. The second-order valence-corrected chi connectivity index (χ2v) is 14.4. The lowest BCUT2D eigenvalue weighted by Gasteiger charge is -2.35. The molecule has 2 atom stereocenters. The van der Waals surface area contributed by atoms with Crippen LogP contribution in [0.25, 0.3) is 33.7 Å². The van der Waals surface area contributed by atoms with Gasteiger partial charge in [0.25, 0.3) is 0 Å². The van der Waals surface area contributed by atoms with Crippen LogP contribution in [0.5, 0.6) is 11.8 Å². The normalized spacial score (nSPS) is 19.1. The van der Waals surface area contributed by atoms with E-state index < -0.39 is 5.97 Å². The molecule has 0 saturated carbocycles. The van der Waals surface area contributed by atoms with Crippen molar-refractivity contribution in [2.75, 3.05) is 33.3 Å². The number of likely N-dealkylation sites (tertiary alicyclic amines) is 2. The third-order valence-corrected chi connectivity index (χ3v) is 10.8. The third kappa shape index (κ3) is 6.37. The second-order valence-electron chi connectivity index (χ2n) is 14.0. The van der Waals surface area contributed by atoms with Gasteiger partial charge >= 0.3 is 5.97 Å². The summed E-state index contributed by atoms with van der Waals surface area (Å²) in [7, 11) is 1.58. The van der Waals surface area contributed by atoms with Crippen molar-refractivity contribution in [1.29, 1.82) is 5.26 Å². The highest BCUT2D eigenvalue weighted by molar-refractivity contribution is 6.31. The molecule has 266 valence electrons. The first-order valence-corrected chi connectivity index (χ1v) is 17.9. The molecule has 2 fully saturated rings. The van der Waals surface area contributed by atoms with Crippen molar-refractivity contribution in [2.45, 2.75) is 51.5 Å². The average molecular weight is 720 g/mol. The van der Waals surface area contributed by atoms with Crippen LogP contribution in [-0.2, 0) is 24.3 Å². The fourth-order valence-electron chi connectivity index (χ4n) is 7.88. The van der Waals surface area contributed by atoms with Crippen LogP contribution in [0.2, 0.25) is 5.02 Å². The van der Waals surface area contributed by atoms with E-state index in [1.54, 1.807) is 7.11 Å². The molecule has 0 spiro atoms. The monoisotopic (exact) mass is 719 g/mol. The van der Waals surface area contributed by atoms with Crippen molar-refractivity contribution in [3.63, 3.8) is 0 Å². The molecule has 12 heteroatoms. The standard InChI is InChI=1S/C40H38ClN5O6/c1-22-28(5-3-6-29(22)38-43-34-14-23(13-25(16-42)36(34)52-38)17-45-12-11-24(18-45)40(48)49)30-7-4-8-32-31(30)9-10-35(32)51-39-33(41)15-26(37(44-39)50-2)19-46-20-27(47)21-46/h3-8,13-15,24,27,35,47H,9-12,17-21H2,1-2H3,(H,48,49)/t24?,35-/m0/s1. The minimum Gasteiger partial charge on any atom is -0.481 e. The summed E-state index contributed by atoms with van der Waals surface area (Å²) in [5.74, 6) is 0.0822. The van der Waals surface area contributed by atoms with Gasteiger partial charge in [-0.25, -0.2) is 4.98 Å². The van der Waals surface area contributed by atoms with Gasteiger partial charge in [0.15, 0.2) is 5.58 Å². The quantitative estimate of drug-likeness (QED) is 0.162. The van der Waals surface area contributed by atoms with Crippen molar-refractivity contribution < 1.29 is 28.9 Å². The molecule has 5 aromatic rings. The molecule has 0 bridgehead atoms. The van der Waals surface area contributed by atoms with Gasteiger partial charge in [-0.2, -0.15) is 10.2 Å². The topological polar surface area (TPSA) is 145 Å². The molecule has 8 rings (SSSR count). The zero-order chi connectivity index (χ0) is 36.1. The number of carboxylic acid groups (broad SMARTS) is 1. The molecular weight excluding hydrogens is 682 g/mol. The maximum atomic E-state index is 11.5. The minimum absolute atomic E-state index is 0.240. The van der Waals surface area contributed by atoms with Crippen molar-refractivity contribution in [3.05, 3.63) is 93.0 Å². The Bertz CT molecular complexity index is 2240. The van der Waals surface area contributed by atoms with Crippen molar-refractivity contribution in [2.24, 2.45) is 5.92 Å². The van der Waals surface area contributed by atoms with Crippen LogP contribution in [0.15, 0.2) is 59.0 Å². The van der Waals surface area contributed by atoms with E-state index in [4.69, 9.17) is 30.5 Å². The number of hydrogen-bond donors (Lipinski definition) is 2. The Morgan fingerprint density at radius 3 is 2.56 bits per heavy atom. The number of pyridine rings is 1. The Balaban J connectivity index is 1.06. The maximum absolute atomic E-state index is 11.5. The van der Waals surface area contributed by atoms with Gasteiger partial charge in [0.2, 0.25) is 17.7 Å². The summed E-state index contributed by atoms with van der Waals surface area (Å²) >= 11 is 6.71. The lowest BCUT2D eigenvalue weighted by Crippen LogP contribution is -2.49. The third-order valence-electron chi connectivity index (χ3n) is 10.5. The van der Waals surface area contributed by atoms with Gasteiger partial charge in [0.1, 0.15) is 22.7 Å². The van der Waals surface area contributed by atoms with Gasteiger partial charge in [0.05, 0.1) is 24.7 Å². The number of hydrogen-bond acceptors (Lipinski definition) is 10. The molecule has 2 N–H and O–H groups in total. The SMILES string of the molecule is COc1nc(O[C@H]2CCc3c(-c4cccc(-c5nc6cc(CN7CCC(C(=O)O)C7)cc(C#N)c6o5)c4C)cccc32)c(Cl)cc1CN1CC(O)C1. The predicted molar refractivity (Wildman–Crippen MR) is 194 cm³/mol. The molecule has 1 unspecified atom stereocenters. The van der Waals surface area contributed by atoms with E-state index >= 15 is 0 Å². The fraction of sp³-hybridized carbons (Fsp3) is 0.350. The van der Waals surface area contributed by atoms with Gasteiger partial charge in [-0.1, -0.05) is 41.9 Å². The number of carboxylic acids is 1. The summed E-state index contributed by atoms with van der Waals surface area (Å²) in [6, 6.07) is 20.2. The molecule has 2 aliphatic heterocycles. The van der Waals surface area contributed by atoms with Crippen molar-refractivity contribution in [1.82, 2.24) is 19.8 Å². The Labute approximate surface area is 306 Å². The van der Waals surface area contributed by atoms with Crippen molar-refractivity contribution >= 4 is 28.7 Å². The van der Waals surface area contributed by atoms with E-state index in [1.807, 2.05) is 36.4 Å². The molecule has 3 aromatic carbocycles. The molecular formula is C40H38ClN5O6. The number of aliphatic hydroxyl groups excluding tert-OH is 1. The van der Waals surface area contributed by atoms with Gasteiger partial charge in [0, 0.05) is 43.9 Å². The molecule has 0 amide bonds. The van der Waals surface area contributed by atoms with E-state index in [-0.39, 0.29) is 18.1 Å². The Morgan fingerprint density at radius 2 is 1.81 bits per heavy atom. The van der Waals surface area contributed by atoms with Gasteiger partial charge in [-0.05, 0) is 90.4 Å². The van der Waals surface area contributed by atoms with E-state index in [2.05, 4.69) is 46.0 Å². The number of benzene rings is 3. The number of aromatic nitrogens is 2.